The summed E-state index contributed by atoms with van der Waals surface area (Å²) in [5, 5.41) is 6.42. The van der Waals surface area contributed by atoms with E-state index in [4.69, 9.17) is 4.74 Å². The number of carbonyl (C=O) groups excluding carboxylic acids is 2. The van der Waals surface area contributed by atoms with Crippen LogP contribution in [0.25, 0.3) is 0 Å². The predicted octanol–water partition coefficient (Wildman–Crippen LogP) is 2.52. The second kappa shape index (κ2) is 8.28. The van der Waals surface area contributed by atoms with Crippen molar-refractivity contribution in [1.82, 2.24) is 15.5 Å². The zero-order valence-electron chi connectivity index (χ0n) is 17.4. The monoisotopic (exact) mass is 397 g/mol. The number of allylic oxidation sites excluding steroid dienone is 1. The number of carbonyl (C=O) groups is 2. The molecule has 1 aromatic rings. The van der Waals surface area contributed by atoms with Gasteiger partial charge in [0, 0.05) is 42.9 Å². The molecule has 2 saturated heterocycles. The summed E-state index contributed by atoms with van der Waals surface area (Å²) in [6.45, 7) is 9.45. The van der Waals surface area contributed by atoms with Crippen LogP contribution in [0.4, 0.5) is 0 Å². The van der Waals surface area contributed by atoms with E-state index in [-0.39, 0.29) is 17.9 Å². The fourth-order valence-corrected chi connectivity index (χ4v) is 4.73. The van der Waals surface area contributed by atoms with Gasteiger partial charge in [0.2, 0.25) is 5.91 Å². The van der Waals surface area contributed by atoms with Gasteiger partial charge in [-0.15, -0.1) is 0 Å². The average Bonchev–Trinajstić information content (AvgIpc) is 2.99. The van der Waals surface area contributed by atoms with Gasteiger partial charge >= 0.3 is 0 Å². The third-order valence-corrected chi connectivity index (χ3v) is 6.12. The average molecular weight is 398 g/mol. The Morgan fingerprint density at radius 3 is 2.90 bits per heavy atom. The molecule has 3 atom stereocenters. The number of ether oxygens (including phenoxy) is 1. The first-order valence-electron chi connectivity index (χ1n) is 10.7. The molecule has 1 unspecified atom stereocenters. The maximum Gasteiger partial charge on any atom is 0.255 e. The largest absolute Gasteiger partial charge is 0.376 e. The summed E-state index contributed by atoms with van der Waals surface area (Å²) in [4.78, 5) is 26.9. The number of fused-ring (bicyclic) bond motifs is 1. The molecule has 6 nitrogen and oxygen atoms in total. The third-order valence-electron chi connectivity index (χ3n) is 6.12. The Morgan fingerprint density at radius 2 is 2.14 bits per heavy atom. The summed E-state index contributed by atoms with van der Waals surface area (Å²) in [6.07, 6.45) is 4.54. The fourth-order valence-electron chi connectivity index (χ4n) is 4.73. The Bertz CT molecular complexity index is 820. The molecule has 3 aliphatic heterocycles. The van der Waals surface area contributed by atoms with Gasteiger partial charge in [0.05, 0.1) is 6.10 Å². The van der Waals surface area contributed by atoms with Gasteiger partial charge in [-0.05, 0) is 42.9 Å². The molecule has 0 saturated carbocycles. The molecular weight excluding hydrogens is 366 g/mol. The Kier molecular flexibility index (Phi) is 5.74. The minimum atomic E-state index is -0.412. The van der Waals surface area contributed by atoms with Gasteiger partial charge in [0.15, 0.2) is 0 Å². The van der Waals surface area contributed by atoms with Crippen molar-refractivity contribution in [2.24, 2.45) is 0 Å². The minimum Gasteiger partial charge on any atom is -0.376 e. The second-order valence-corrected chi connectivity index (χ2v) is 8.76. The number of nitrogens with one attached hydrogen (secondary N) is 2. The molecule has 2 amide bonds. The second-order valence-electron chi connectivity index (χ2n) is 8.76. The zero-order chi connectivity index (χ0) is 20.5. The number of hydrogen-bond donors (Lipinski definition) is 2. The van der Waals surface area contributed by atoms with E-state index in [0.29, 0.717) is 37.0 Å². The van der Waals surface area contributed by atoms with Gasteiger partial charge in [0.1, 0.15) is 6.04 Å². The predicted molar refractivity (Wildman–Crippen MR) is 111 cm³/mol. The summed E-state index contributed by atoms with van der Waals surface area (Å²) >= 11 is 0. The van der Waals surface area contributed by atoms with Crippen LogP contribution in [0.1, 0.15) is 61.0 Å². The molecule has 0 aliphatic carbocycles. The van der Waals surface area contributed by atoms with E-state index in [1.54, 1.807) is 4.90 Å². The first-order chi connectivity index (χ1) is 13.9. The van der Waals surface area contributed by atoms with Crippen molar-refractivity contribution in [2.75, 3.05) is 6.61 Å². The van der Waals surface area contributed by atoms with E-state index in [1.165, 1.54) is 5.56 Å². The Hall–Kier alpha value is -2.18. The van der Waals surface area contributed by atoms with Crippen LogP contribution in [0.5, 0.6) is 0 Å². The molecule has 6 heteroatoms. The topological polar surface area (TPSA) is 70.7 Å². The molecular formula is C23H31N3O3. The van der Waals surface area contributed by atoms with Crippen molar-refractivity contribution in [3.8, 4) is 0 Å². The summed E-state index contributed by atoms with van der Waals surface area (Å²) in [5.41, 5.74) is 3.64. The van der Waals surface area contributed by atoms with Crippen molar-refractivity contribution in [1.29, 1.82) is 0 Å². The van der Waals surface area contributed by atoms with E-state index in [2.05, 4.69) is 37.1 Å². The lowest BCUT2D eigenvalue weighted by atomic mass is 9.94. The fraction of sp³-hybridized carbons (Fsp3) is 0.565. The van der Waals surface area contributed by atoms with Crippen LogP contribution < -0.4 is 10.6 Å². The van der Waals surface area contributed by atoms with Crippen LogP contribution in [-0.4, -0.2) is 47.6 Å². The third kappa shape index (κ3) is 4.23. The van der Waals surface area contributed by atoms with Crippen LogP contribution in [-0.2, 0) is 22.5 Å². The molecule has 3 heterocycles. The molecule has 0 aromatic heterocycles. The van der Waals surface area contributed by atoms with Crippen LogP contribution in [0, 0.1) is 0 Å². The van der Waals surface area contributed by atoms with Gasteiger partial charge in [-0.25, -0.2) is 0 Å². The lowest BCUT2D eigenvalue weighted by Gasteiger charge is -2.34. The van der Waals surface area contributed by atoms with Crippen LogP contribution in [0.3, 0.4) is 0 Å². The Labute approximate surface area is 172 Å². The number of amides is 2. The molecule has 0 spiro atoms. The van der Waals surface area contributed by atoms with E-state index in [9.17, 15) is 9.59 Å². The van der Waals surface area contributed by atoms with E-state index in [1.807, 2.05) is 12.1 Å². The van der Waals surface area contributed by atoms with Crippen molar-refractivity contribution < 1.29 is 14.3 Å². The molecule has 2 fully saturated rings. The number of benzene rings is 1. The Balaban J connectivity index is 1.47. The van der Waals surface area contributed by atoms with Crippen molar-refractivity contribution in [3.05, 3.63) is 47.2 Å². The van der Waals surface area contributed by atoms with Gasteiger partial charge in [-0.3, -0.25) is 9.59 Å². The molecule has 156 valence electrons. The smallest absolute Gasteiger partial charge is 0.255 e. The first kappa shape index (κ1) is 20.1. The highest BCUT2D eigenvalue weighted by molar-refractivity contribution is 6.01. The summed E-state index contributed by atoms with van der Waals surface area (Å²) < 4.78 is 6.08. The quantitative estimate of drug-likeness (QED) is 0.801. The van der Waals surface area contributed by atoms with E-state index in [0.717, 1.165) is 37.1 Å². The highest BCUT2D eigenvalue weighted by atomic mass is 16.5. The van der Waals surface area contributed by atoms with Gasteiger partial charge in [0.25, 0.3) is 5.91 Å². The lowest BCUT2D eigenvalue weighted by Crippen LogP contribution is -2.49. The summed E-state index contributed by atoms with van der Waals surface area (Å²) in [6, 6.07) is 6.44. The zero-order valence-corrected chi connectivity index (χ0v) is 17.4. The summed E-state index contributed by atoms with van der Waals surface area (Å²) in [7, 11) is 0. The normalized spacial score (nSPS) is 27.3. The number of nitrogens with zero attached hydrogens (tertiary/aromatic N) is 1. The maximum absolute atomic E-state index is 12.9. The Morgan fingerprint density at radius 1 is 1.31 bits per heavy atom. The minimum absolute atomic E-state index is 0.0486. The van der Waals surface area contributed by atoms with Crippen LogP contribution in [0.15, 0.2) is 30.5 Å². The molecule has 1 aromatic carbocycles. The molecule has 4 rings (SSSR count). The standard InChI is InChI=1S/C23H31N3O3/c1-14(2)24-19-5-4-10-29-21(19)12-16-7-8-18-17(11-16)13-26(23(18)28)20-9-6-15(3)25-22(20)27/h7-8,11,14,19-21,24H,3-6,9-10,12-13H2,1-2H3,(H,25,27)/t19-,20?,21+/m0/s1. The molecule has 29 heavy (non-hydrogen) atoms. The molecule has 2 N–H and O–H groups in total. The lowest BCUT2D eigenvalue weighted by molar-refractivity contribution is -0.126. The maximum atomic E-state index is 12.9. The SMILES string of the molecule is C=C1CCC(N2Cc3cc(C[C@H]4OCCC[C@@H]4NC(C)C)ccc3C2=O)C(=O)N1. The highest BCUT2D eigenvalue weighted by Crippen LogP contribution is 2.30. The van der Waals surface area contributed by atoms with Crippen molar-refractivity contribution in [2.45, 2.75) is 76.7 Å². The van der Waals surface area contributed by atoms with E-state index < -0.39 is 6.04 Å². The highest BCUT2D eigenvalue weighted by Gasteiger charge is 2.38. The van der Waals surface area contributed by atoms with Gasteiger partial charge in [-0.2, -0.15) is 0 Å². The van der Waals surface area contributed by atoms with Gasteiger partial charge in [-0.1, -0.05) is 32.6 Å². The number of rotatable bonds is 5. The van der Waals surface area contributed by atoms with E-state index >= 15 is 0 Å². The first-order valence-corrected chi connectivity index (χ1v) is 10.7. The van der Waals surface area contributed by atoms with Crippen molar-refractivity contribution >= 4 is 11.8 Å². The van der Waals surface area contributed by atoms with Gasteiger partial charge < -0.3 is 20.3 Å². The molecule has 0 radical (unpaired) electrons. The molecule has 3 aliphatic rings. The van der Waals surface area contributed by atoms with Crippen molar-refractivity contribution in [3.63, 3.8) is 0 Å². The van der Waals surface area contributed by atoms with Crippen LogP contribution >= 0.6 is 0 Å². The molecule has 0 bridgehead atoms. The number of hydrogen-bond acceptors (Lipinski definition) is 4. The summed E-state index contributed by atoms with van der Waals surface area (Å²) in [5.74, 6) is -0.173. The number of piperidine rings is 1. The van der Waals surface area contributed by atoms with Crippen LogP contribution in [0.2, 0.25) is 0 Å².